The fourth-order valence-corrected chi connectivity index (χ4v) is 4.37. The van der Waals surface area contributed by atoms with Crippen molar-refractivity contribution in [2.24, 2.45) is 13.0 Å². The predicted molar refractivity (Wildman–Crippen MR) is 99.7 cm³/mol. The van der Waals surface area contributed by atoms with Gasteiger partial charge in [-0.3, -0.25) is 4.79 Å². The van der Waals surface area contributed by atoms with Crippen LogP contribution < -0.4 is 4.74 Å². The highest BCUT2D eigenvalue weighted by Gasteiger charge is 2.27. The Balaban J connectivity index is 1.33. The van der Waals surface area contributed by atoms with E-state index in [1.807, 2.05) is 0 Å². The first-order valence-electron chi connectivity index (χ1n) is 9.69. The van der Waals surface area contributed by atoms with Gasteiger partial charge in [0, 0.05) is 51.0 Å². The minimum Gasteiger partial charge on any atom is -0.490 e. The van der Waals surface area contributed by atoms with Gasteiger partial charge >= 0.3 is 0 Å². The van der Waals surface area contributed by atoms with Gasteiger partial charge in [-0.2, -0.15) is 0 Å². The summed E-state index contributed by atoms with van der Waals surface area (Å²) in [5, 5.41) is 1.17. The fourth-order valence-electron chi connectivity index (χ4n) is 4.37. The van der Waals surface area contributed by atoms with Crippen molar-refractivity contribution in [2.45, 2.75) is 51.0 Å². The van der Waals surface area contributed by atoms with Gasteiger partial charge in [-0.25, -0.2) is 0 Å². The third-order valence-corrected chi connectivity index (χ3v) is 5.91. The van der Waals surface area contributed by atoms with Gasteiger partial charge < -0.3 is 14.2 Å². The molecule has 1 aliphatic carbocycles. The van der Waals surface area contributed by atoms with E-state index < -0.39 is 0 Å². The average molecular weight is 340 g/mol. The molecule has 0 unspecified atom stereocenters. The van der Waals surface area contributed by atoms with Crippen molar-refractivity contribution in [1.29, 1.82) is 0 Å². The second-order valence-corrected chi connectivity index (χ2v) is 7.67. The van der Waals surface area contributed by atoms with Gasteiger partial charge in [0.25, 0.3) is 0 Å². The predicted octanol–water partition coefficient (Wildman–Crippen LogP) is 4.13. The Labute approximate surface area is 149 Å². The molecule has 2 aromatic rings. The number of aromatic nitrogens is 1. The monoisotopic (exact) mass is 340 g/mol. The zero-order chi connectivity index (χ0) is 17.2. The number of hydrogen-bond acceptors (Lipinski definition) is 2. The van der Waals surface area contributed by atoms with Crippen LogP contribution >= 0.6 is 0 Å². The van der Waals surface area contributed by atoms with Crippen LogP contribution in [0.4, 0.5) is 0 Å². The number of likely N-dealkylation sites (tertiary alicyclic amines) is 1. The molecule has 1 aromatic carbocycles. The van der Waals surface area contributed by atoms with Gasteiger partial charge in [-0.1, -0.05) is 18.9 Å². The van der Waals surface area contributed by atoms with E-state index >= 15 is 0 Å². The molecule has 25 heavy (non-hydrogen) atoms. The minimum atomic E-state index is 0.210. The summed E-state index contributed by atoms with van der Waals surface area (Å²) >= 11 is 0. The second-order valence-electron chi connectivity index (χ2n) is 7.67. The van der Waals surface area contributed by atoms with Gasteiger partial charge in [0.1, 0.15) is 11.9 Å². The molecule has 1 aliphatic heterocycles. The summed E-state index contributed by atoms with van der Waals surface area (Å²) in [7, 11) is 2.06. The molecule has 0 radical (unpaired) electrons. The summed E-state index contributed by atoms with van der Waals surface area (Å²) < 4.78 is 8.41. The van der Waals surface area contributed by atoms with E-state index in [4.69, 9.17) is 4.74 Å². The number of benzene rings is 1. The molecule has 2 heterocycles. The van der Waals surface area contributed by atoms with E-state index in [1.165, 1.54) is 36.6 Å². The van der Waals surface area contributed by atoms with E-state index in [9.17, 15) is 4.79 Å². The Morgan fingerprint density at radius 1 is 1.12 bits per heavy atom. The summed E-state index contributed by atoms with van der Waals surface area (Å²) in [6.45, 7) is 1.67. The SMILES string of the molecule is Cn1ccc2c(OC3CCN(C(=O)CC4CCCC4)CC3)cccc21. The molecule has 0 spiro atoms. The van der Waals surface area contributed by atoms with Crippen molar-refractivity contribution in [3.63, 3.8) is 0 Å². The summed E-state index contributed by atoms with van der Waals surface area (Å²) in [5.74, 6) is 1.96. The maximum Gasteiger partial charge on any atom is 0.222 e. The van der Waals surface area contributed by atoms with Gasteiger partial charge in [-0.15, -0.1) is 0 Å². The Bertz CT molecular complexity index is 737. The Hall–Kier alpha value is -1.97. The standard InChI is InChI=1S/C21H28N2O2/c1-22-12-11-18-19(22)7-4-8-20(18)25-17-9-13-23(14-10-17)21(24)15-16-5-2-3-6-16/h4,7-8,11-12,16-17H,2-3,5-6,9-10,13-15H2,1H3. The molecule has 4 heteroatoms. The lowest BCUT2D eigenvalue weighted by Gasteiger charge is -2.33. The number of carbonyl (C=O) groups is 1. The molecule has 0 atom stereocenters. The van der Waals surface area contributed by atoms with E-state index in [2.05, 4.69) is 47.0 Å². The molecule has 4 rings (SSSR count). The maximum atomic E-state index is 12.5. The number of hydrogen-bond donors (Lipinski definition) is 0. The molecule has 1 saturated carbocycles. The zero-order valence-corrected chi connectivity index (χ0v) is 15.1. The van der Waals surface area contributed by atoms with Gasteiger partial charge in [0.2, 0.25) is 5.91 Å². The summed E-state index contributed by atoms with van der Waals surface area (Å²) in [6, 6.07) is 8.34. The Morgan fingerprint density at radius 3 is 2.64 bits per heavy atom. The molecule has 2 fully saturated rings. The van der Waals surface area contributed by atoms with Crippen LogP contribution in [0.1, 0.15) is 44.9 Å². The van der Waals surface area contributed by atoms with Crippen molar-refractivity contribution in [3.05, 3.63) is 30.5 Å². The van der Waals surface area contributed by atoms with Gasteiger partial charge in [-0.05, 0) is 37.0 Å². The molecule has 2 aliphatic rings. The molecular formula is C21H28N2O2. The average Bonchev–Trinajstić information content (AvgIpc) is 3.26. The van der Waals surface area contributed by atoms with E-state index in [0.29, 0.717) is 11.8 Å². The van der Waals surface area contributed by atoms with Crippen LogP contribution in [-0.4, -0.2) is 34.6 Å². The normalized spacial score (nSPS) is 19.6. The number of rotatable bonds is 4. The van der Waals surface area contributed by atoms with Gasteiger partial charge in [0.15, 0.2) is 0 Å². The number of carbonyl (C=O) groups excluding carboxylic acids is 1. The molecule has 0 N–H and O–H groups in total. The van der Waals surface area contributed by atoms with Crippen LogP contribution in [-0.2, 0) is 11.8 Å². The molecule has 0 bridgehead atoms. The maximum absolute atomic E-state index is 12.5. The zero-order valence-electron chi connectivity index (χ0n) is 15.1. The second kappa shape index (κ2) is 7.11. The van der Waals surface area contributed by atoms with E-state index in [-0.39, 0.29) is 6.10 Å². The summed E-state index contributed by atoms with van der Waals surface area (Å²) in [4.78, 5) is 14.5. The van der Waals surface area contributed by atoms with Crippen molar-refractivity contribution in [2.75, 3.05) is 13.1 Å². The minimum absolute atomic E-state index is 0.210. The molecule has 1 amide bonds. The summed E-state index contributed by atoms with van der Waals surface area (Å²) in [5.41, 5.74) is 1.20. The van der Waals surface area contributed by atoms with Crippen LogP contribution in [0.5, 0.6) is 5.75 Å². The Morgan fingerprint density at radius 2 is 1.88 bits per heavy atom. The third-order valence-electron chi connectivity index (χ3n) is 5.91. The van der Waals surface area contributed by atoms with E-state index in [1.54, 1.807) is 0 Å². The highest BCUT2D eigenvalue weighted by Crippen LogP contribution is 2.30. The van der Waals surface area contributed by atoms with Crippen molar-refractivity contribution < 1.29 is 9.53 Å². The summed E-state index contributed by atoms with van der Waals surface area (Å²) in [6.07, 6.45) is 9.99. The fraction of sp³-hybridized carbons (Fsp3) is 0.571. The lowest BCUT2D eigenvalue weighted by atomic mass is 10.0. The van der Waals surface area contributed by atoms with Crippen LogP contribution in [0.25, 0.3) is 10.9 Å². The number of ether oxygens (including phenoxy) is 1. The first-order chi connectivity index (χ1) is 12.2. The molecular weight excluding hydrogens is 312 g/mol. The number of aryl methyl sites for hydroxylation is 1. The number of piperidine rings is 1. The smallest absolute Gasteiger partial charge is 0.222 e. The van der Waals surface area contributed by atoms with Crippen LogP contribution in [0.15, 0.2) is 30.5 Å². The van der Waals surface area contributed by atoms with Crippen LogP contribution in [0.3, 0.4) is 0 Å². The van der Waals surface area contributed by atoms with Gasteiger partial charge in [0.05, 0.1) is 5.52 Å². The highest BCUT2D eigenvalue weighted by molar-refractivity contribution is 5.86. The molecule has 1 aromatic heterocycles. The van der Waals surface area contributed by atoms with Crippen LogP contribution in [0, 0.1) is 5.92 Å². The largest absolute Gasteiger partial charge is 0.490 e. The number of nitrogens with zero attached hydrogens (tertiary/aromatic N) is 2. The lowest BCUT2D eigenvalue weighted by Crippen LogP contribution is -2.42. The highest BCUT2D eigenvalue weighted by atomic mass is 16.5. The number of fused-ring (bicyclic) bond motifs is 1. The molecule has 4 nitrogen and oxygen atoms in total. The van der Waals surface area contributed by atoms with Crippen molar-refractivity contribution in [3.8, 4) is 5.75 Å². The van der Waals surface area contributed by atoms with Crippen molar-refractivity contribution in [1.82, 2.24) is 9.47 Å². The first kappa shape index (κ1) is 16.5. The first-order valence-corrected chi connectivity index (χ1v) is 9.69. The quantitative estimate of drug-likeness (QED) is 0.839. The topological polar surface area (TPSA) is 34.5 Å². The number of amides is 1. The Kier molecular flexibility index (Phi) is 4.69. The van der Waals surface area contributed by atoms with Crippen LogP contribution in [0.2, 0.25) is 0 Å². The van der Waals surface area contributed by atoms with E-state index in [0.717, 1.165) is 38.1 Å². The molecule has 134 valence electrons. The van der Waals surface area contributed by atoms with Crippen molar-refractivity contribution >= 4 is 16.8 Å². The third kappa shape index (κ3) is 3.53. The lowest BCUT2D eigenvalue weighted by molar-refractivity contribution is -0.133. The molecule has 1 saturated heterocycles.